The Morgan fingerprint density at radius 2 is 1.61 bits per heavy atom. The fourth-order valence-corrected chi connectivity index (χ4v) is 2.84. The minimum Gasteiger partial charge on any atom is -0.462 e. The quantitative estimate of drug-likeness (QED) is 0.104. The lowest BCUT2D eigenvalue weighted by atomic mass is 9.97. The zero-order valence-corrected chi connectivity index (χ0v) is 16.4. The Morgan fingerprint density at radius 1 is 0.968 bits per heavy atom. The average molecular weight is 419 g/mol. The molecule has 0 fully saturated rings. The molecule has 0 bridgehead atoms. The van der Waals surface area contributed by atoms with Gasteiger partial charge in [-0.15, -0.1) is 0 Å². The number of allylic oxidation sites excluding steroid dienone is 1. The summed E-state index contributed by atoms with van der Waals surface area (Å²) in [5.41, 5.74) is -0.789. The van der Waals surface area contributed by atoms with E-state index in [4.69, 9.17) is 4.74 Å². The van der Waals surface area contributed by atoms with E-state index in [0.717, 1.165) is 16.8 Å². The first-order chi connectivity index (χ1) is 14.9. The first kappa shape index (κ1) is 21.3. The minimum absolute atomic E-state index is 0.0147. The van der Waals surface area contributed by atoms with Crippen LogP contribution in [0.1, 0.15) is 27.6 Å². The summed E-state index contributed by atoms with van der Waals surface area (Å²) in [4.78, 5) is 49.7. The Labute approximate surface area is 176 Å². The number of hydrogen-bond acceptors (Lipinski definition) is 7. The SMILES string of the molecule is CCOC(=O)/C(C(=O)c1ccc([N+](=O)[O-])cc1)=C(/C(=O)c1ccccc1)n1cccn1. The van der Waals surface area contributed by atoms with Crippen molar-refractivity contribution in [3.05, 3.63) is 99.9 Å². The Kier molecular flexibility index (Phi) is 6.46. The van der Waals surface area contributed by atoms with Crippen LogP contribution in [0.4, 0.5) is 5.69 Å². The number of Topliss-reactive ketones (excluding diaryl/α,β-unsaturated/α-hetero) is 2. The fraction of sp³-hybridized carbons (Fsp3) is 0.0909. The molecule has 156 valence electrons. The molecule has 31 heavy (non-hydrogen) atoms. The number of nitro benzene ring substituents is 1. The molecular formula is C22H17N3O6. The number of benzene rings is 2. The van der Waals surface area contributed by atoms with Gasteiger partial charge in [0.25, 0.3) is 5.69 Å². The van der Waals surface area contributed by atoms with Crippen LogP contribution in [0.5, 0.6) is 0 Å². The molecule has 0 aliphatic rings. The van der Waals surface area contributed by atoms with Crippen LogP contribution < -0.4 is 0 Å². The number of carbonyl (C=O) groups is 3. The van der Waals surface area contributed by atoms with Crippen LogP contribution in [0.25, 0.3) is 5.70 Å². The Balaban J connectivity index is 2.22. The first-order valence-corrected chi connectivity index (χ1v) is 9.24. The Morgan fingerprint density at radius 3 is 2.16 bits per heavy atom. The second kappa shape index (κ2) is 9.40. The number of non-ortho nitro benzene ring substituents is 1. The van der Waals surface area contributed by atoms with Crippen LogP contribution in [0, 0.1) is 10.1 Å². The maximum atomic E-state index is 13.3. The molecular weight excluding hydrogens is 402 g/mol. The van der Waals surface area contributed by atoms with E-state index in [1.165, 1.54) is 30.6 Å². The summed E-state index contributed by atoms with van der Waals surface area (Å²) in [7, 11) is 0. The highest BCUT2D eigenvalue weighted by Crippen LogP contribution is 2.23. The third-order valence-corrected chi connectivity index (χ3v) is 4.27. The van der Waals surface area contributed by atoms with Crippen molar-refractivity contribution >= 4 is 28.9 Å². The summed E-state index contributed by atoms with van der Waals surface area (Å²) in [6.07, 6.45) is 2.83. The Bertz CT molecular complexity index is 1150. The van der Waals surface area contributed by atoms with Crippen molar-refractivity contribution in [3.8, 4) is 0 Å². The number of ketones is 2. The predicted octanol–water partition coefficient (Wildman–Crippen LogP) is 3.33. The summed E-state index contributed by atoms with van der Waals surface area (Å²) in [5, 5.41) is 14.9. The molecule has 0 atom stereocenters. The molecule has 0 amide bonds. The molecule has 0 saturated heterocycles. The molecule has 2 aromatic carbocycles. The molecule has 1 aromatic heterocycles. The predicted molar refractivity (Wildman–Crippen MR) is 110 cm³/mol. The molecule has 0 unspecified atom stereocenters. The average Bonchev–Trinajstić information content (AvgIpc) is 3.31. The molecule has 3 aromatic rings. The van der Waals surface area contributed by atoms with Crippen molar-refractivity contribution in [3.63, 3.8) is 0 Å². The summed E-state index contributed by atoms with van der Waals surface area (Å²) in [6.45, 7) is 1.54. The maximum absolute atomic E-state index is 13.3. The second-order valence-corrected chi connectivity index (χ2v) is 6.22. The number of nitrogens with zero attached hydrogens (tertiary/aromatic N) is 3. The highest BCUT2D eigenvalue weighted by molar-refractivity contribution is 6.38. The van der Waals surface area contributed by atoms with Crippen molar-refractivity contribution in [2.45, 2.75) is 6.92 Å². The standard InChI is InChI=1S/C22H17N3O6/c1-2-31-22(28)18(20(26)16-9-11-17(12-10-16)25(29)30)19(24-14-6-13-23-24)21(27)15-7-4-3-5-8-15/h3-14H,2H2,1H3/b19-18-. The maximum Gasteiger partial charge on any atom is 0.344 e. The lowest BCUT2D eigenvalue weighted by Gasteiger charge is -2.14. The van der Waals surface area contributed by atoms with E-state index in [-0.39, 0.29) is 29.1 Å². The molecule has 9 nitrogen and oxygen atoms in total. The van der Waals surface area contributed by atoms with E-state index in [1.807, 2.05) is 0 Å². The van der Waals surface area contributed by atoms with E-state index < -0.39 is 28.0 Å². The van der Waals surface area contributed by atoms with E-state index in [9.17, 15) is 24.5 Å². The molecule has 0 radical (unpaired) electrons. The van der Waals surface area contributed by atoms with Crippen LogP contribution >= 0.6 is 0 Å². The molecule has 3 rings (SSSR count). The van der Waals surface area contributed by atoms with Gasteiger partial charge in [0, 0.05) is 35.7 Å². The van der Waals surface area contributed by atoms with Crippen LogP contribution in [0.15, 0.2) is 78.6 Å². The van der Waals surface area contributed by atoms with Gasteiger partial charge in [-0.2, -0.15) is 5.10 Å². The molecule has 0 aliphatic heterocycles. The van der Waals surface area contributed by atoms with E-state index in [0.29, 0.717) is 0 Å². The van der Waals surface area contributed by atoms with E-state index in [1.54, 1.807) is 37.3 Å². The van der Waals surface area contributed by atoms with E-state index in [2.05, 4.69) is 5.10 Å². The number of ether oxygens (including phenoxy) is 1. The number of nitro groups is 1. The van der Waals surface area contributed by atoms with Crippen molar-refractivity contribution in [1.82, 2.24) is 9.78 Å². The highest BCUT2D eigenvalue weighted by Gasteiger charge is 2.31. The molecule has 0 spiro atoms. The zero-order valence-electron chi connectivity index (χ0n) is 16.4. The van der Waals surface area contributed by atoms with Gasteiger partial charge < -0.3 is 4.74 Å². The van der Waals surface area contributed by atoms with Gasteiger partial charge in [-0.3, -0.25) is 19.7 Å². The number of carbonyl (C=O) groups excluding carboxylic acids is 3. The second-order valence-electron chi connectivity index (χ2n) is 6.22. The lowest BCUT2D eigenvalue weighted by Crippen LogP contribution is -2.24. The monoisotopic (exact) mass is 419 g/mol. The molecule has 1 heterocycles. The number of esters is 1. The van der Waals surface area contributed by atoms with Gasteiger partial charge >= 0.3 is 5.97 Å². The normalized spacial score (nSPS) is 11.4. The summed E-state index contributed by atoms with van der Waals surface area (Å²) >= 11 is 0. The van der Waals surface area contributed by atoms with Gasteiger partial charge in [0.15, 0.2) is 0 Å². The van der Waals surface area contributed by atoms with Crippen molar-refractivity contribution in [2.24, 2.45) is 0 Å². The minimum atomic E-state index is -0.999. The summed E-state index contributed by atoms with van der Waals surface area (Å²) in [5.74, 6) is -2.42. The third kappa shape index (κ3) is 4.61. The number of hydrogen-bond donors (Lipinski definition) is 0. The molecule has 0 saturated carbocycles. The van der Waals surface area contributed by atoms with Crippen LogP contribution in [0.2, 0.25) is 0 Å². The smallest absolute Gasteiger partial charge is 0.344 e. The van der Waals surface area contributed by atoms with Gasteiger partial charge in [-0.05, 0) is 25.1 Å². The largest absolute Gasteiger partial charge is 0.462 e. The van der Waals surface area contributed by atoms with Crippen LogP contribution in [0.3, 0.4) is 0 Å². The van der Waals surface area contributed by atoms with Gasteiger partial charge in [0.1, 0.15) is 11.3 Å². The highest BCUT2D eigenvalue weighted by atomic mass is 16.6. The zero-order chi connectivity index (χ0) is 22.4. The van der Waals surface area contributed by atoms with Crippen molar-refractivity contribution in [2.75, 3.05) is 6.61 Å². The molecule has 9 heteroatoms. The third-order valence-electron chi connectivity index (χ3n) is 4.27. The van der Waals surface area contributed by atoms with Crippen molar-refractivity contribution < 1.29 is 24.0 Å². The van der Waals surface area contributed by atoms with Gasteiger partial charge in [0.2, 0.25) is 11.6 Å². The Hall–Kier alpha value is -4.40. The summed E-state index contributed by atoms with van der Waals surface area (Å²) < 4.78 is 6.18. The van der Waals surface area contributed by atoms with Gasteiger partial charge in [0.05, 0.1) is 11.5 Å². The van der Waals surface area contributed by atoms with Crippen LogP contribution in [-0.4, -0.2) is 38.8 Å². The van der Waals surface area contributed by atoms with Crippen molar-refractivity contribution in [1.29, 1.82) is 0 Å². The van der Waals surface area contributed by atoms with Crippen LogP contribution in [-0.2, 0) is 9.53 Å². The van der Waals surface area contributed by atoms with Gasteiger partial charge in [-0.25, -0.2) is 9.48 Å². The molecule has 0 aliphatic carbocycles. The molecule has 0 N–H and O–H groups in total. The fourth-order valence-electron chi connectivity index (χ4n) is 2.84. The van der Waals surface area contributed by atoms with E-state index >= 15 is 0 Å². The lowest BCUT2D eigenvalue weighted by molar-refractivity contribution is -0.384. The topological polar surface area (TPSA) is 121 Å². The number of aromatic nitrogens is 2. The summed E-state index contributed by atoms with van der Waals surface area (Å²) in [6, 6.07) is 14.4. The van der Waals surface area contributed by atoms with Gasteiger partial charge in [-0.1, -0.05) is 30.3 Å². The number of rotatable bonds is 8. The first-order valence-electron chi connectivity index (χ1n) is 9.24.